The van der Waals surface area contributed by atoms with E-state index in [0.29, 0.717) is 12.3 Å². The summed E-state index contributed by atoms with van der Waals surface area (Å²) in [6, 6.07) is 0.736. The van der Waals surface area contributed by atoms with Crippen molar-refractivity contribution < 1.29 is 14.3 Å². The number of aliphatic imine (C=N–C) groups is 1. The minimum absolute atomic E-state index is 0.133. The topological polar surface area (TPSA) is 91.9 Å². The van der Waals surface area contributed by atoms with Gasteiger partial charge in [-0.05, 0) is 13.3 Å². The van der Waals surface area contributed by atoms with E-state index < -0.39 is 11.7 Å². The van der Waals surface area contributed by atoms with Gasteiger partial charge in [-0.2, -0.15) is 0 Å². The Morgan fingerprint density at radius 3 is 2.94 bits per heavy atom. The lowest BCUT2D eigenvalue weighted by Gasteiger charge is -1.99. The van der Waals surface area contributed by atoms with Gasteiger partial charge in [-0.25, -0.2) is 14.6 Å². The van der Waals surface area contributed by atoms with Gasteiger partial charge in [0.25, 0.3) is 0 Å². The largest absolute Gasteiger partial charge is 0.507 e. The van der Waals surface area contributed by atoms with Crippen molar-refractivity contribution in [1.29, 1.82) is 0 Å². The quantitative estimate of drug-likeness (QED) is 0.628. The standard InChI is InChI=1S/C12H16N2O4/c1-3-4-5-13-12(17)14-7-9-10(15)6-8(2)18-11(9)16/h6-7,15H,3-5H2,1-2H3,(H,13,17). The number of urea groups is 1. The number of hydrogen-bond donors (Lipinski definition) is 2. The average Bonchev–Trinajstić information content (AvgIpc) is 2.27. The summed E-state index contributed by atoms with van der Waals surface area (Å²) in [4.78, 5) is 26.2. The van der Waals surface area contributed by atoms with Crippen molar-refractivity contribution in [2.24, 2.45) is 4.99 Å². The molecule has 0 aliphatic rings. The molecule has 0 saturated heterocycles. The molecule has 2 N–H and O–H groups in total. The third kappa shape index (κ3) is 4.04. The molecule has 0 spiro atoms. The van der Waals surface area contributed by atoms with Gasteiger partial charge in [0, 0.05) is 12.6 Å². The zero-order valence-corrected chi connectivity index (χ0v) is 10.4. The van der Waals surface area contributed by atoms with Gasteiger partial charge in [0.05, 0.1) is 6.21 Å². The Kier molecular flexibility index (Phi) is 5.10. The predicted octanol–water partition coefficient (Wildman–Crippen LogP) is 1.58. The second-order valence-electron chi connectivity index (χ2n) is 3.79. The minimum Gasteiger partial charge on any atom is -0.507 e. The number of hydrogen-bond acceptors (Lipinski definition) is 4. The summed E-state index contributed by atoms with van der Waals surface area (Å²) < 4.78 is 4.78. The summed E-state index contributed by atoms with van der Waals surface area (Å²) in [5, 5.41) is 12.1. The lowest BCUT2D eigenvalue weighted by molar-refractivity contribution is 0.249. The summed E-state index contributed by atoms with van der Waals surface area (Å²) in [5.74, 6) is 0.0379. The molecular formula is C12H16N2O4. The number of aromatic hydroxyl groups is 1. The highest BCUT2D eigenvalue weighted by Gasteiger charge is 2.07. The van der Waals surface area contributed by atoms with E-state index in [2.05, 4.69) is 10.3 Å². The van der Waals surface area contributed by atoms with Gasteiger partial charge in [-0.1, -0.05) is 13.3 Å². The fourth-order valence-corrected chi connectivity index (χ4v) is 1.27. The number of carbonyl (C=O) groups excluding carboxylic acids is 1. The van der Waals surface area contributed by atoms with E-state index in [0.717, 1.165) is 19.1 Å². The first-order valence-electron chi connectivity index (χ1n) is 5.70. The van der Waals surface area contributed by atoms with Crippen molar-refractivity contribution in [2.75, 3.05) is 6.54 Å². The van der Waals surface area contributed by atoms with Crippen LogP contribution < -0.4 is 10.9 Å². The summed E-state index contributed by atoms with van der Waals surface area (Å²) in [5.41, 5.74) is -0.858. The van der Waals surface area contributed by atoms with E-state index in [4.69, 9.17) is 4.42 Å². The van der Waals surface area contributed by atoms with Crippen molar-refractivity contribution in [3.05, 3.63) is 27.8 Å². The molecule has 0 atom stereocenters. The van der Waals surface area contributed by atoms with Gasteiger partial charge >= 0.3 is 11.7 Å². The Morgan fingerprint density at radius 2 is 2.33 bits per heavy atom. The van der Waals surface area contributed by atoms with Gasteiger partial charge in [0.15, 0.2) is 0 Å². The van der Waals surface area contributed by atoms with Crippen LogP contribution in [0.1, 0.15) is 31.1 Å². The number of rotatable bonds is 4. The van der Waals surface area contributed by atoms with Crippen LogP contribution in [-0.2, 0) is 0 Å². The number of amides is 2. The Hall–Kier alpha value is -2.11. The van der Waals surface area contributed by atoms with E-state index in [1.807, 2.05) is 6.92 Å². The van der Waals surface area contributed by atoms with E-state index in [-0.39, 0.29) is 11.3 Å². The van der Waals surface area contributed by atoms with Crippen molar-refractivity contribution in [1.82, 2.24) is 5.32 Å². The zero-order chi connectivity index (χ0) is 13.5. The van der Waals surface area contributed by atoms with E-state index in [9.17, 15) is 14.7 Å². The maximum Gasteiger partial charge on any atom is 0.348 e. The van der Waals surface area contributed by atoms with Crippen LogP contribution >= 0.6 is 0 Å². The van der Waals surface area contributed by atoms with Crippen LogP contribution in [0.2, 0.25) is 0 Å². The first-order chi connectivity index (χ1) is 8.54. The molecule has 0 saturated carbocycles. The van der Waals surface area contributed by atoms with Crippen LogP contribution in [0.25, 0.3) is 0 Å². The van der Waals surface area contributed by atoms with Crippen LogP contribution in [0.3, 0.4) is 0 Å². The molecule has 18 heavy (non-hydrogen) atoms. The molecule has 98 valence electrons. The van der Waals surface area contributed by atoms with Crippen LogP contribution in [0.5, 0.6) is 5.75 Å². The zero-order valence-electron chi connectivity index (χ0n) is 10.4. The highest BCUT2D eigenvalue weighted by Crippen LogP contribution is 2.12. The average molecular weight is 252 g/mol. The molecule has 0 aliphatic carbocycles. The van der Waals surface area contributed by atoms with Crippen molar-refractivity contribution >= 4 is 12.2 Å². The van der Waals surface area contributed by atoms with Gasteiger partial charge in [-0.3, -0.25) is 0 Å². The predicted molar refractivity (Wildman–Crippen MR) is 67.3 cm³/mol. The molecule has 1 aromatic heterocycles. The SMILES string of the molecule is CCCCNC(=O)N=Cc1c(O)cc(C)oc1=O. The number of carbonyl (C=O) groups is 1. The maximum atomic E-state index is 11.4. The first-order valence-corrected chi connectivity index (χ1v) is 5.70. The fourth-order valence-electron chi connectivity index (χ4n) is 1.27. The monoisotopic (exact) mass is 252 g/mol. The second-order valence-corrected chi connectivity index (χ2v) is 3.79. The molecule has 0 aliphatic heterocycles. The smallest absolute Gasteiger partial charge is 0.348 e. The van der Waals surface area contributed by atoms with E-state index >= 15 is 0 Å². The van der Waals surface area contributed by atoms with Crippen molar-refractivity contribution in [3.63, 3.8) is 0 Å². The van der Waals surface area contributed by atoms with E-state index in [1.54, 1.807) is 6.92 Å². The van der Waals surface area contributed by atoms with Crippen LogP contribution in [0, 0.1) is 6.92 Å². The Balaban J connectivity index is 2.73. The maximum absolute atomic E-state index is 11.4. The molecule has 1 aromatic rings. The van der Waals surface area contributed by atoms with Gasteiger partial charge in [0.2, 0.25) is 0 Å². The Bertz CT molecular complexity index is 505. The highest BCUT2D eigenvalue weighted by atomic mass is 16.4. The van der Waals surface area contributed by atoms with Crippen LogP contribution in [0.15, 0.2) is 20.3 Å². The molecule has 0 fully saturated rings. The molecule has 2 amide bonds. The minimum atomic E-state index is -0.724. The lowest BCUT2D eigenvalue weighted by Crippen LogP contribution is -2.21. The number of nitrogens with zero attached hydrogens (tertiary/aromatic N) is 1. The third-order valence-corrected chi connectivity index (χ3v) is 2.21. The third-order valence-electron chi connectivity index (χ3n) is 2.21. The highest BCUT2D eigenvalue weighted by molar-refractivity contribution is 5.92. The van der Waals surface area contributed by atoms with Crippen molar-refractivity contribution in [2.45, 2.75) is 26.7 Å². The Morgan fingerprint density at radius 1 is 1.61 bits per heavy atom. The van der Waals surface area contributed by atoms with Crippen LogP contribution in [0.4, 0.5) is 4.79 Å². The summed E-state index contributed by atoms with van der Waals surface area (Å²) >= 11 is 0. The number of unbranched alkanes of at least 4 members (excludes halogenated alkanes) is 1. The molecule has 0 aromatic carbocycles. The summed E-state index contributed by atoms with van der Waals surface area (Å²) in [7, 11) is 0. The van der Waals surface area contributed by atoms with Gasteiger partial charge < -0.3 is 14.8 Å². The van der Waals surface area contributed by atoms with Gasteiger partial charge in [-0.15, -0.1) is 0 Å². The second kappa shape index (κ2) is 6.58. The number of aryl methyl sites for hydroxylation is 1. The van der Waals surface area contributed by atoms with Crippen LogP contribution in [-0.4, -0.2) is 23.9 Å². The molecule has 1 heterocycles. The molecular weight excluding hydrogens is 236 g/mol. The lowest BCUT2D eigenvalue weighted by atomic mass is 10.2. The first kappa shape index (κ1) is 14.0. The molecule has 0 bridgehead atoms. The molecule has 0 radical (unpaired) electrons. The van der Waals surface area contributed by atoms with Gasteiger partial charge in [0.1, 0.15) is 17.1 Å². The molecule has 6 nitrogen and oxygen atoms in total. The summed E-state index contributed by atoms with van der Waals surface area (Å²) in [6.45, 7) is 4.08. The molecule has 0 unspecified atom stereocenters. The van der Waals surface area contributed by atoms with Crippen molar-refractivity contribution in [3.8, 4) is 5.75 Å². The van der Waals surface area contributed by atoms with E-state index in [1.165, 1.54) is 6.07 Å². The number of nitrogens with one attached hydrogen (secondary N) is 1. The summed E-state index contributed by atoms with van der Waals surface area (Å²) in [6.07, 6.45) is 2.83. The Labute approximate surface area is 104 Å². The fraction of sp³-hybridized carbons (Fsp3) is 0.417. The molecule has 1 rings (SSSR count). The normalized spacial score (nSPS) is 10.8. The molecule has 6 heteroatoms.